The van der Waals surface area contributed by atoms with Gasteiger partial charge < -0.3 is 19.7 Å². The number of ether oxygens (including phenoxy) is 2. The number of piperidine rings is 1. The Balaban J connectivity index is 1.20. The maximum atomic E-state index is 12.4. The van der Waals surface area contributed by atoms with E-state index in [0.29, 0.717) is 24.9 Å². The summed E-state index contributed by atoms with van der Waals surface area (Å²) in [7, 11) is 0. The van der Waals surface area contributed by atoms with Crippen LogP contribution in [0.25, 0.3) is 0 Å². The van der Waals surface area contributed by atoms with Crippen LogP contribution in [0.4, 0.5) is 5.13 Å². The van der Waals surface area contributed by atoms with Crippen molar-refractivity contribution in [3.8, 4) is 5.75 Å². The molecule has 2 aliphatic heterocycles. The molecule has 0 radical (unpaired) electrons. The number of anilines is 1. The van der Waals surface area contributed by atoms with Gasteiger partial charge in [-0.25, -0.2) is 4.98 Å². The summed E-state index contributed by atoms with van der Waals surface area (Å²) < 4.78 is 11.1. The van der Waals surface area contributed by atoms with Gasteiger partial charge in [-0.2, -0.15) is 0 Å². The van der Waals surface area contributed by atoms with Crippen LogP contribution in [-0.4, -0.2) is 74.4 Å². The summed E-state index contributed by atoms with van der Waals surface area (Å²) in [5, 5.41) is 5.66. The van der Waals surface area contributed by atoms with Gasteiger partial charge in [0.2, 0.25) is 0 Å². The standard InChI is InChI=1S/C21H28N4O3S/c26-20(22-8-13-28-18-4-2-1-3-5-18)19-16-29-21(23-19)25-9-6-17(7-10-25)24-11-14-27-15-12-24/h1-5,16-17H,6-15H2,(H,22,26). The van der Waals surface area contributed by atoms with E-state index in [1.165, 1.54) is 0 Å². The van der Waals surface area contributed by atoms with Crippen molar-refractivity contribution in [2.45, 2.75) is 18.9 Å². The van der Waals surface area contributed by atoms with Gasteiger partial charge in [0.15, 0.2) is 5.13 Å². The molecule has 7 nitrogen and oxygen atoms in total. The molecule has 0 atom stereocenters. The molecule has 4 rings (SSSR count). The third-order valence-electron chi connectivity index (χ3n) is 5.42. The molecule has 2 fully saturated rings. The first-order valence-corrected chi connectivity index (χ1v) is 11.2. The molecule has 2 aliphatic rings. The van der Waals surface area contributed by atoms with Crippen molar-refractivity contribution in [3.05, 3.63) is 41.4 Å². The fourth-order valence-corrected chi connectivity index (χ4v) is 4.68. The number of thiazole rings is 1. The number of benzene rings is 1. The highest BCUT2D eigenvalue weighted by Gasteiger charge is 2.27. The van der Waals surface area contributed by atoms with Crippen molar-refractivity contribution < 1.29 is 14.3 Å². The molecule has 29 heavy (non-hydrogen) atoms. The number of nitrogens with one attached hydrogen (secondary N) is 1. The van der Waals surface area contributed by atoms with Crippen LogP contribution in [0.3, 0.4) is 0 Å². The van der Waals surface area contributed by atoms with Crippen molar-refractivity contribution in [1.29, 1.82) is 0 Å². The number of para-hydroxylation sites is 1. The van der Waals surface area contributed by atoms with Crippen LogP contribution in [0.5, 0.6) is 5.75 Å². The van der Waals surface area contributed by atoms with Crippen molar-refractivity contribution in [2.24, 2.45) is 0 Å². The zero-order chi connectivity index (χ0) is 19.9. The Labute approximate surface area is 175 Å². The highest BCUT2D eigenvalue weighted by atomic mass is 32.1. The quantitative estimate of drug-likeness (QED) is 0.699. The zero-order valence-corrected chi connectivity index (χ0v) is 17.4. The molecule has 3 heterocycles. The van der Waals surface area contributed by atoms with Crippen LogP contribution in [0.15, 0.2) is 35.7 Å². The lowest BCUT2D eigenvalue weighted by Crippen LogP contribution is -2.49. The van der Waals surface area contributed by atoms with E-state index in [1.54, 1.807) is 11.3 Å². The van der Waals surface area contributed by atoms with Gasteiger partial charge in [-0.05, 0) is 25.0 Å². The Hall–Kier alpha value is -2.16. The molecule has 2 aromatic rings. The van der Waals surface area contributed by atoms with Crippen molar-refractivity contribution >= 4 is 22.4 Å². The van der Waals surface area contributed by atoms with Gasteiger partial charge in [0.1, 0.15) is 18.1 Å². The molecule has 1 N–H and O–H groups in total. The van der Waals surface area contributed by atoms with Gasteiger partial charge in [0, 0.05) is 37.6 Å². The molecule has 8 heteroatoms. The highest BCUT2D eigenvalue weighted by molar-refractivity contribution is 7.13. The summed E-state index contributed by atoms with van der Waals surface area (Å²) in [5.41, 5.74) is 0.486. The Morgan fingerprint density at radius 2 is 1.93 bits per heavy atom. The second-order valence-corrected chi connectivity index (χ2v) is 8.14. The SMILES string of the molecule is O=C(NCCOc1ccccc1)c1csc(N2CCC(N3CCOCC3)CC2)n1. The largest absolute Gasteiger partial charge is 0.492 e. The summed E-state index contributed by atoms with van der Waals surface area (Å²) in [6, 6.07) is 10.2. The van der Waals surface area contributed by atoms with E-state index >= 15 is 0 Å². The molecular formula is C21H28N4O3S. The molecule has 156 valence electrons. The minimum Gasteiger partial charge on any atom is -0.492 e. The Morgan fingerprint density at radius 1 is 1.17 bits per heavy atom. The lowest BCUT2D eigenvalue weighted by molar-refractivity contribution is 0.0115. The van der Waals surface area contributed by atoms with Gasteiger partial charge >= 0.3 is 0 Å². The smallest absolute Gasteiger partial charge is 0.270 e. The number of amides is 1. The Bertz CT molecular complexity index is 771. The van der Waals surface area contributed by atoms with Gasteiger partial charge in [-0.1, -0.05) is 18.2 Å². The van der Waals surface area contributed by atoms with Crippen molar-refractivity contribution in [1.82, 2.24) is 15.2 Å². The molecule has 0 aliphatic carbocycles. The number of nitrogens with zero attached hydrogens (tertiary/aromatic N) is 3. The predicted octanol–water partition coefficient (Wildman–Crippen LogP) is 2.25. The fourth-order valence-electron chi connectivity index (χ4n) is 3.82. The summed E-state index contributed by atoms with van der Waals surface area (Å²) in [6.07, 6.45) is 2.27. The van der Waals surface area contributed by atoms with E-state index in [9.17, 15) is 4.79 Å². The molecule has 0 unspecified atom stereocenters. The van der Waals surface area contributed by atoms with Crippen LogP contribution in [-0.2, 0) is 4.74 Å². The second kappa shape index (κ2) is 10.0. The third-order valence-corrected chi connectivity index (χ3v) is 6.32. The zero-order valence-electron chi connectivity index (χ0n) is 16.6. The summed E-state index contributed by atoms with van der Waals surface area (Å²) in [6.45, 7) is 6.64. The topological polar surface area (TPSA) is 66.9 Å². The number of carbonyl (C=O) groups is 1. The molecule has 0 saturated carbocycles. The summed E-state index contributed by atoms with van der Waals surface area (Å²) in [4.78, 5) is 21.8. The van der Waals surface area contributed by atoms with Crippen LogP contribution in [0, 0.1) is 0 Å². The van der Waals surface area contributed by atoms with Crippen molar-refractivity contribution in [3.63, 3.8) is 0 Å². The van der Waals surface area contributed by atoms with Crippen LogP contribution >= 0.6 is 11.3 Å². The highest BCUT2D eigenvalue weighted by Crippen LogP contribution is 2.26. The van der Waals surface area contributed by atoms with E-state index in [2.05, 4.69) is 20.1 Å². The molecule has 1 aromatic heterocycles. The van der Waals surface area contributed by atoms with Gasteiger partial charge in [0.25, 0.3) is 5.91 Å². The Kier molecular flexibility index (Phi) is 6.97. The molecule has 1 amide bonds. The van der Waals surface area contributed by atoms with Crippen LogP contribution < -0.4 is 15.0 Å². The molecule has 2 saturated heterocycles. The average Bonchev–Trinajstić information content (AvgIpc) is 3.29. The van der Waals surface area contributed by atoms with E-state index < -0.39 is 0 Å². The number of aromatic nitrogens is 1. The first-order valence-electron chi connectivity index (χ1n) is 10.3. The van der Waals surface area contributed by atoms with E-state index in [1.807, 2.05) is 35.7 Å². The molecule has 0 spiro atoms. The first kappa shape index (κ1) is 20.1. The number of carbonyl (C=O) groups excluding carboxylic acids is 1. The van der Waals surface area contributed by atoms with Crippen LogP contribution in [0.2, 0.25) is 0 Å². The lowest BCUT2D eigenvalue weighted by atomic mass is 10.0. The third kappa shape index (κ3) is 5.46. The summed E-state index contributed by atoms with van der Waals surface area (Å²) >= 11 is 1.55. The molecular weight excluding hydrogens is 388 g/mol. The minimum atomic E-state index is -0.146. The van der Waals surface area contributed by atoms with Crippen LogP contribution in [0.1, 0.15) is 23.3 Å². The molecule has 0 bridgehead atoms. The Morgan fingerprint density at radius 3 is 2.69 bits per heavy atom. The fraction of sp³-hybridized carbons (Fsp3) is 0.524. The normalized spacial score (nSPS) is 18.6. The minimum absolute atomic E-state index is 0.146. The first-order chi connectivity index (χ1) is 14.3. The maximum absolute atomic E-state index is 12.4. The van der Waals surface area contributed by atoms with E-state index in [4.69, 9.17) is 9.47 Å². The number of hydrogen-bond donors (Lipinski definition) is 1. The van der Waals surface area contributed by atoms with Gasteiger partial charge in [-0.3, -0.25) is 9.69 Å². The number of rotatable bonds is 7. The van der Waals surface area contributed by atoms with Gasteiger partial charge in [-0.15, -0.1) is 11.3 Å². The number of morpholine rings is 1. The maximum Gasteiger partial charge on any atom is 0.270 e. The van der Waals surface area contributed by atoms with E-state index in [0.717, 1.165) is 63.1 Å². The van der Waals surface area contributed by atoms with E-state index in [-0.39, 0.29) is 5.91 Å². The predicted molar refractivity (Wildman–Crippen MR) is 114 cm³/mol. The van der Waals surface area contributed by atoms with Crippen molar-refractivity contribution in [2.75, 3.05) is 57.4 Å². The van der Waals surface area contributed by atoms with Gasteiger partial charge in [0.05, 0.1) is 19.8 Å². The average molecular weight is 417 g/mol. The summed E-state index contributed by atoms with van der Waals surface area (Å²) in [5.74, 6) is 0.658. The monoisotopic (exact) mass is 416 g/mol. The lowest BCUT2D eigenvalue weighted by Gasteiger charge is -2.40. The number of hydrogen-bond acceptors (Lipinski definition) is 7. The molecule has 1 aromatic carbocycles. The second-order valence-electron chi connectivity index (χ2n) is 7.30.